The molecule has 0 bridgehead atoms. The molecule has 6 heteroatoms. The summed E-state index contributed by atoms with van der Waals surface area (Å²) in [6.45, 7) is 0.332. The van der Waals surface area contributed by atoms with E-state index in [4.69, 9.17) is 0 Å². The largest absolute Gasteiger partial charge is 0.260 e. The molecule has 0 spiro atoms. The van der Waals surface area contributed by atoms with Crippen molar-refractivity contribution < 1.29 is 8.42 Å². The van der Waals surface area contributed by atoms with Crippen LogP contribution in [0, 0.1) is 0 Å². The van der Waals surface area contributed by atoms with Gasteiger partial charge >= 0.3 is 0 Å². The van der Waals surface area contributed by atoms with Gasteiger partial charge in [0.25, 0.3) is 0 Å². The first kappa shape index (κ1) is 19.9. The molecule has 2 heterocycles. The Hall–Kier alpha value is -1.37. The Labute approximate surface area is 172 Å². The van der Waals surface area contributed by atoms with Crippen molar-refractivity contribution in [2.75, 3.05) is 11.5 Å². The van der Waals surface area contributed by atoms with Gasteiger partial charge in [-0.2, -0.15) is 16.1 Å². The summed E-state index contributed by atoms with van der Waals surface area (Å²) in [4.78, 5) is 4.76. The van der Waals surface area contributed by atoms with E-state index in [-0.39, 0.29) is 6.04 Å². The Balaban J connectivity index is 1.59. The Morgan fingerprint density at radius 3 is 2.43 bits per heavy atom. The molecule has 0 radical (unpaired) electrons. The van der Waals surface area contributed by atoms with Crippen LogP contribution in [-0.2, 0) is 16.6 Å². The fraction of sp³-hybridized carbons (Fsp3) is 0.500. The van der Waals surface area contributed by atoms with Crippen LogP contribution in [0.15, 0.2) is 53.6 Å². The highest BCUT2D eigenvalue weighted by atomic mass is 32.2. The van der Waals surface area contributed by atoms with Gasteiger partial charge < -0.3 is 0 Å². The molecule has 0 N–H and O–H groups in total. The van der Waals surface area contributed by atoms with Crippen LogP contribution in [0.2, 0.25) is 0 Å². The highest BCUT2D eigenvalue weighted by molar-refractivity contribution is 7.99. The van der Waals surface area contributed by atoms with E-state index < -0.39 is 10.0 Å². The molecule has 28 heavy (non-hydrogen) atoms. The molecule has 2 aromatic rings. The van der Waals surface area contributed by atoms with Gasteiger partial charge in [-0.05, 0) is 60.8 Å². The fourth-order valence-corrected chi connectivity index (χ4v) is 7.24. The number of aromatic nitrogens is 1. The van der Waals surface area contributed by atoms with Gasteiger partial charge in [-0.1, -0.05) is 37.5 Å². The predicted octanol–water partition coefficient (Wildman–Crippen LogP) is 4.83. The van der Waals surface area contributed by atoms with E-state index in [1.54, 1.807) is 10.5 Å². The number of nitrogens with zero attached hydrogens (tertiary/aromatic N) is 2. The maximum absolute atomic E-state index is 13.5. The molecule has 0 amide bonds. The molecule has 1 saturated carbocycles. The maximum Gasteiger partial charge on any atom is 0.243 e. The Morgan fingerprint density at radius 1 is 1.00 bits per heavy atom. The minimum absolute atomic E-state index is 0.0371. The van der Waals surface area contributed by atoms with Gasteiger partial charge in [0.05, 0.1) is 17.1 Å². The molecule has 1 atom stereocenters. The third-order valence-electron chi connectivity index (χ3n) is 5.92. The van der Waals surface area contributed by atoms with Crippen LogP contribution in [-0.4, -0.2) is 35.3 Å². The highest BCUT2D eigenvalue weighted by Crippen LogP contribution is 2.34. The molecule has 2 fully saturated rings. The van der Waals surface area contributed by atoms with Crippen molar-refractivity contribution in [3.63, 3.8) is 0 Å². The van der Waals surface area contributed by atoms with Gasteiger partial charge in [0.2, 0.25) is 10.0 Å². The van der Waals surface area contributed by atoms with Crippen molar-refractivity contribution in [3.05, 3.63) is 59.9 Å². The second kappa shape index (κ2) is 8.97. The lowest BCUT2D eigenvalue weighted by Gasteiger charge is -2.28. The zero-order valence-corrected chi connectivity index (χ0v) is 17.8. The molecule has 0 unspecified atom stereocenters. The second-order valence-electron chi connectivity index (χ2n) is 7.79. The van der Waals surface area contributed by atoms with Crippen molar-refractivity contribution in [2.24, 2.45) is 0 Å². The number of benzene rings is 1. The summed E-state index contributed by atoms with van der Waals surface area (Å²) in [5, 5.41) is 0. The van der Waals surface area contributed by atoms with Crippen LogP contribution < -0.4 is 0 Å². The lowest BCUT2D eigenvalue weighted by atomic mass is 9.84. The third-order valence-corrected chi connectivity index (χ3v) is 8.98. The van der Waals surface area contributed by atoms with Crippen molar-refractivity contribution in [1.29, 1.82) is 0 Å². The summed E-state index contributed by atoms with van der Waals surface area (Å²) in [6, 6.07) is 13.4. The van der Waals surface area contributed by atoms with Crippen molar-refractivity contribution in [2.45, 2.75) is 61.9 Å². The molecular formula is C22H28N2O2S2. The normalized spacial score (nSPS) is 21.2. The van der Waals surface area contributed by atoms with Crippen LogP contribution in [0.5, 0.6) is 0 Å². The van der Waals surface area contributed by atoms with E-state index in [2.05, 4.69) is 4.98 Å². The van der Waals surface area contributed by atoms with Crippen LogP contribution in [0.4, 0.5) is 0 Å². The van der Waals surface area contributed by atoms with Crippen molar-refractivity contribution in [3.8, 4) is 0 Å². The minimum atomic E-state index is -3.55. The molecule has 1 saturated heterocycles. The van der Waals surface area contributed by atoms with Gasteiger partial charge in [-0.25, -0.2) is 8.42 Å². The smallest absolute Gasteiger partial charge is 0.243 e. The first-order chi connectivity index (χ1) is 13.6. The van der Waals surface area contributed by atoms with Gasteiger partial charge in [-0.15, -0.1) is 0 Å². The van der Waals surface area contributed by atoms with Crippen LogP contribution in [0.1, 0.15) is 55.7 Å². The number of sulfonamides is 1. The first-order valence-electron chi connectivity index (χ1n) is 10.2. The number of rotatable bonds is 6. The van der Waals surface area contributed by atoms with Gasteiger partial charge in [0, 0.05) is 18.0 Å². The molecule has 4 rings (SSSR count). The maximum atomic E-state index is 13.5. The molecule has 2 aliphatic rings. The highest BCUT2D eigenvalue weighted by Gasteiger charge is 2.34. The van der Waals surface area contributed by atoms with E-state index in [1.165, 1.54) is 37.7 Å². The second-order valence-corrected chi connectivity index (χ2v) is 10.8. The van der Waals surface area contributed by atoms with Gasteiger partial charge in [-0.3, -0.25) is 4.98 Å². The lowest BCUT2D eigenvalue weighted by Crippen LogP contribution is -2.40. The van der Waals surface area contributed by atoms with Gasteiger partial charge in [0.15, 0.2) is 0 Å². The van der Waals surface area contributed by atoms with Crippen LogP contribution >= 0.6 is 11.8 Å². The fourth-order valence-electron chi connectivity index (χ4n) is 4.29. The number of hydrogen-bond acceptors (Lipinski definition) is 4. The lowest BCUT2D eigenvalue weighted by molar-refractivity contribution is 0.331. The quantitative estimate of drug-likeness (QED) is 0.677. The third kappa shape index (κ3) is 4.44. The summed E-state index contributed by atoms with van der Waals surface area (Å²) < 4.78 is 28.7. The van der Waals surface area contributed by atoms with Crippen LogP contribution in [0.25, 0.3) is 0 Å². The number of hydrogen-bond donors (Lipinski definition) is 0. The predicted molar refractivity (Wildman–Crippen MR) is 115 cm³/mol. The molecule has 1 aliphatic carbocycles. The molecule has 1 aromatic carbocycles. The monoisotopic (exact) mass is 416 g/mol. The van der Waals surface area contributed by atoms with Gasteiger partial charge in [0.1, 0.15) is 0 Å². The molecule has 4 nitrogen and oxygen atoms in total. The average Bonchev–Trinajstić information content (AvgIpc) is 3.28. The van der Waals surface area contributed by atoms with Crippen molar-refractivity contribution in [1.82, 2.24) is 9.29 Å². The zero-order chi connectivity index (χ0) is 19.4. The van der Waals surface area contributed by atoms with Crippen LogP contribution in [0.3, 0.4) is 0 Å². The number of pyridine rings is 1. The Bertz CT molecular complexity index is 857. The van der Waals surface area contributed by atoms with E-state index in [9.17, 15) is 8.42 Å². The number of thioether (sulfide) groups is 1. The average molecular weight is 417 g/mol. The summed E-state index contributed by atoms with van der Waals surface area (Å²) in [6.07, 6.45) is 8.95. The molecule has 150 valence electrons. The topological polar surface area (TPSA) is 50.3 Å². The molecule has 1 aromatic heterocycles. The Morgan fingerprint density at radius 2 is 1.79 bits per heavy atom. The molecular weight excluding hydrogens is 388 g/mol. The van der Waals surface area contributed by atoms with E-state index in [0.717, 1.165) is 23.6 Å². The first-order valence-corrected chi connectivity index (χ1v) is 12.8. The van der Waals surface area contributed by atoms with E-state index in [1.807, 2.05) is 54.2 Å². The SMILES string of the molecule is O=S(=O)(c1ccc(C2CCCCC2)cc1)N(Cc1ccccn1)[C@H]1CCSC1. The Kier molecular flexibility index (Phi) is 6.38. The summed E-state index contributed by atoms with van der Waals surface area (Å²) in [5.41, 5.74) is 2.08. The zero-order valence-electron chi connectivity index (χ0n) is 16.2. The molecule has 1 aliphatic heterocycles. The standard InChI is InChI=1S/C22H28N2O2S2/c25-28(26,22-11-9-19(10-12-22)18-6-2-1-3-7-18)24(21-13-15-27-17-21)16-20-8-4-5-14-23-20/h4-5,8-12,14,18,21H,1-3,6-7,13,15-17H2/t21-/m0/s1. The van der Waals surface area contributed by atoms with E-state index >= 15 is 0 Å². The summed E-state index contributed by atoms with van der Waals surface area (Å²) in [7, 11) is -3.55. The summed E-state index contributed by atoms with van der Waals surface area (Å²) >= 11 is 1.83. The van der Waals surface area contributed by atoms with E-state index in [0.29, 0.717) is 17.4 Å². The minimum Gasteiger partial charge on any atom is -0.260 e. The summed E-state index contributed by atoms with van der Waals surface area (Å²) in [5.74, 6) is 2.45. The van der Waals surface area contributed by atoms with Crippen molar-refractivity contribution >= 4 is 21.8 Å².